The van der Waals surface area contributed by atoms with E-state index in [9.17, 15) is 13.6 Å². The number of oxazole rings is 2. The molecule has 0 aliphatic rings. The molecule has 3 N–H and O–H groups in total. The molecule has 0 saturated heterocycles. The summed E-state index contributed by atoms with van der Waals surface area (Å²) < 4.78 is 45.2. The van der Waals surface area contributed by atoms with Gasteiger partial charge in [-0.3, -0.25) is 10.1 Å². The van der Waals surface area contributed by atoms with Gasteiger partial charge in [-0.15, -0.1) is 0 Å². The van der Waals surface area contributed by atoms with Crippen molar-refractivity contribution >= 4 is 40.1 Å². The molecule has 0 radical (unpaired) electrons. The summed E-state index contributed by atoms with van der Waals surface area (Å²) in [6.45, 7) is -2.23. The van der Waals surface area contributed by atoms with E-state index >= 15 is 0 Å². The van der Waals surface area contributed by atoms with Gasteiger partial charge in [0.1, 0.15) is 16.8 Å². The molecule has 168 valence electrons. The van der Waals surface area contributed by atoms with Gasteiger partial charge >= 0.3 is 18.6 Å². The first-order valence-electron chi connectivity index (χ1n) is 9.51. The Bertz CT molecular complexity index is 1230. The maximum Gasteiger partial charge on any atom is 0.387 e. The summed E-state index contributed by atoms with van der Waals surface area (Å²) in [7, 11) is 0. The van der Waals surface area contributed by atoms with Crippen LogP contribution in [-0.4, -0.2) is 54.0 Å². The van der Waals surface area contributed by atoms with Gasteiger partial charge in [-0.1, -0.05) is 0 Å². The summed E-state index contributed by atoms with van der Waals surface area (Å²) >= 11 is 0. The van der Waals surface area contributed by atoms with Crippen molar-refractivity contribution in [1.82, 2.24) is 15.3 Å². The van der Waals surface area contributed by atoms with Crippen molar-refractivity contribution in [3.05, 3.63) is 42.0 Å². The zero-order chi connectivity index (χ0) is 22.5. The second-order valence-corrected chi connectivity index (χ2v) is 6.45. The van der Waals surface area contributed by atoms with Crippen molar-refractivity contribution in [1.29, 1.82) is 0 Å². The topological polar surface area (TPSA) is 132 Å². The molecular weight excluding hydrogens is 430 g/mol. The minimum atomic E-state index is -2.95. The minimum absolute atomic E-state index is 0.0431. The molecule has 0 bridgehead atoms. The lowest BCUT2D eigenvalue weighted by molar-refractivity contribution is -0.0497. The Morgan fingerprint density at radius 3 is 2.59 bits per heavy atom. The number of halogens is 2. The number of nitrogens with zero attached hydrogens (tertiary/aromatic N) is 2. The van der Waals surface area contributed by atoms with Crippen LogP contribution < -0.4 is 15.4 Å². The van der Waals surface area contributed by atoms with Gasteiger partial charge in [0, 0.05) is 18.2 Å². The van der Waals surface area contributed by atoms with E-state index in [4.69, 9.17) is 18.7 Å². The number of hydrogen-bond donors (Lipinski definition) is 3. The molecule has 0 unspecified atom stereocenters. The highest BCUT2D eigenvalue weighted by molar-refractivity contribution is 5.97. The molecule has 0 aliphatic heterocycles. The van der Waals surface area contributed by atoms with Crippen LogP contribution in [0, 0.1) is 0 Å². The monoisotopic (exact) mass is 448 g/mol. The second-order valence-electron chi connectivity index (χ2n) is 6.45. The smallest absolute Gasteiger partial charge is 0.387 e. The molecule has 2 aromatic heterocycles. The molecule has 1 amide bonds. The molecule has 0 atom stereocenters. The average molecular weight is 448 g/mol. The van der Waals surface area contributed by atoms with E-state index in [0.29, 0.717) is 28.7 Å². The molecule has 0 fully saturated rings. The number of rotatable bonds is 10. The van der Waals surface area contributed by atoms with Crippen molar-refractivity contribution in [3.63, 3.8) is 0 Å². The van der Waals surface area contributed by atoms with Gasteiger partial charge in [-0.25, -0.2) is 0 Å². The number of aromatic nitrogens is 2. The van der Waals surface area contributed by atoms with Crippen LogP contribution in [0.3, 0.4) is 0 Å². The maximum absolute atomic E-state index is 12.4. The highest BCUT2D eigenvalue weighted by Crippen LogP contribution is 2.27. The van der Waals surface area contributed by atoms with Crippen molar-refractivity contribution in [3.8, 4) is 5.75 Å². The summed E-state index contributed by atoms with van der Waals surface area (Å²) in [5.41, 5.74) is 1.91. The van der Waals surface area contributed by atoms with Crippen molar-refractivity contribution in [2.75, 3.05) is 31.7 Å². The number of anilines is 2. The Kier molecular flexibility index (Phi) is 6.42. The molecule has 4 aromatic rings. The number of ether oxygens (including phenoxy) is 2. The minimum Gasteiger partial charge on any atom is -0.435 e. The number of carbonyl (C=O) groups excluding carboxylic acids is 1. The number of aliphatic hydroxyl groups excluding tert-OH is 1. The Balaban J connectivity index is 1.44. The van der Waals surface area contributed by atoms with Crippen LogP contribution in [0.1, 0.15) is 10.4 Å². The fourth-order valence-corrected chi connectivity index (χ4v) is 2.85. The van der Waals surface area contributed by atoms with Gasteiger partial charge in [0.15, 0.2) is 11.2 Å². The van der Waals surface area contributed by atoms with E-state index in [1.165, 1.54) is 18.2 Å². The van der Waals surface area contributed by atoms with Crippen LogP contribution in [0.15, 0.2) is 45.2 Å². The van der Waals surface area contributed by atoms with Crippen LogP contribution in [0.5, 0.6) is 5.75 Å². The molecule has 4 rings (SSSR count). The average Bonchev–Trinajstić information content (AvgIpc) is 3.34. The predicted octanol–water partition coefficient (Wildman–Crippen LogP) is 3.05. The van der Waals surface area contributed by atoms with Crippen LogP contribution in [-0.2, 0) is 4.74 Å². The lowest BCUT2D eigenvalue weighted by atomic mass is 10.2. The van der Waals surface area contributed by atoms with E-state index in [-0.39, 0.29) is 49.1 Å². The van der Waals surface area contributed by atoms with E-state index < -0.39 is 6.61 Å². The molecule has 2 heterocycles. The fraction of sp³-hybridized carbons (Fsp3) is 0.250. The lowest BCUT2D eigenvalue weighted by Gasteiger charge is -2.05. The number of aliphatic hydroxyl groups is 1. The Morgan fingerprint density at radius 1 is 1.03 bits per heavy atom. The number of fused-ring (bicyclic) bond motifs is 2. The van der Waals surface area contributed by atoms with Crippen LogP contribution in [0.25, 0.3) is 22.2 Å². The van der Waals surface area contributed by atoms with E-state index in [0.717, 1.165) is 0 Å². The first kappa shape index (κ1) is 21.5. The molecule has 10 nitrogen and oxygen atoms in total. The largest absolute Gasteiger partial charge is 0.435 e. The maximum atomic E-state index is 12.4. The highest BCUT2D eigenvalue weighted by atomic mass is 19.3. The standard InChI is InChI=1S/C20H18F2N4O6/c21-18(22)30-12-2-3-13-16(10-12)32-19(24-13)26-20-25-14-9-11(1-4-15(14)31-20)17(28)23-5-7-29-8-6-27/h1-4,9-10,18,27H,5-8H2,(H,23,28)(H,24,25,26). The molecule has 0 spiro atoms. The van der Waals surface area contributed by atoms with Gasteiger partial charge in [0.05, 0.1) is 19.8 Å². The zero-order valence-electron chi connectivity index (χ0n) is 16.5. The normalized spacial score (nSPS) is 11.4. The van der Waals surface area contributed by atoms with Crippen molar-refractivity contribution < 1.29 is 37.0 Å². The number of carbonyl (C=O) groups is 1. The number of benzene rings is 2. The van der Waals surface area contributed by atoms with Gasteiger partial charge in [-0.05, 0) is 30.3 Å². The van der Waals surface area contributed by atoms with Crippen molar-refractivity contribution in [2.24, 2.45) is 0 Å². The third kappa shape index (κ3) is 5.10. The second kappa shape index (κ2) is 9.58. The van der Waals surface area contributed by atoms with E-state index in [2.05, 4.69) is 25.3 Å². The number of amides is 1. The third-order valence-electron chi connectivity index (χ3n) is 4.22. The molecule has 2 aromatic carbocycles. The first-order valence-corrected chi connectivity index (χ1v) is 9.51. The number of nitrogens with one attached hydrogen (secondary N) is 2. The van der Waals surface area contributed by atoms with Gasteiger partial charge < -0.3 is 28.7 Å². The summed E-state index contributed by atoms with van der Waals surface area (Å²) in [5.74, 6) is -0.361. The summed E-state index contributed by atoms with van der Waals surface area (Å²) in [6.07, 6.45) is 0. The van der Waals surface area contributed by atoms with Gasteiger partial charge in [0.25, 0.3) is 5.91 Å². The van der Waals surface area contributed by atoms with Crippen LogP contribution >= 0.6 is 0 Å². The SMILES string of the molecule is O=C(NCCOCCO)c1ccc2oc(Nc3nc4ccc(OC(F)F)cc4o3)nc2c1. The summed E-state index contributed by atoms with van der Waals surface area (Å²) in [4.78, 5) is 20.7. The number of hydrogen-bond acceptors (Lipinski definition) is 9. The number of alkyl halides is 2. The highest BCUT2D eigenvalue weighted by Gasteiger charge is 2.14. The van der Waals surface area contributed by atoms with E-state index in [1.54, 1.807) is 18.2 Å². The van der Waals surface area contributed by atoms with Gasteiger partial charge in [0.2, 0.25) is 0 Å². The molecule has 0 aliphatic carbocycles. The Morgan fingerprint density at radius 2 is 1.81 bits per heavy atom. The zero-order valence-corrected chi connectivity index (χ0v) is 16.5. The van der Waals surface area contributed by atoms with Crippen LogP contribution in [0.2, 0.25) is 0 Å². The Hall–Kier alpha value is -3.77. The van der Waals surface area contributed by atoms with E-state index in [1.807, 2.05) is 0 Å². The third-order valence-corrected chi connectivity index (χ3v) is 4.22. The fourth-order valence-electron chi connectivity index (χ4n) is 2.85. The molecule has 32 heavy (non-hydrogen) atoms. The molecule has 12 heteroatoms. The summed E-state index contributed by atoms with van der Waals surface area (Å²) in [5, 5.41) is 14.1. The van der Waals surface area contributed by atoms with Crippen molar-refractivity contribution in [2.45, 2.75) is 6.61 Å². The molecular formula is C20H18F2N4O6. The lowest BCUT2D eigenvalue weighted by Crippen LogP contribution is -2.27. The molecule has 0 saturated carbocycles. The predicted molar refractivity (Wildman–Crippen MR) is 108 cm³/mol. The van der Waals surface area contributed by atoms with Gasteiger partial charge in [-0.2, -0.15) is 18.7 Å². The summed E-state index contributed by atoms with van der Waals surface area (Å²) in [6, 6.07) is 9.00. The quantitative estimate of drug-likeness (QED) is 0.313. The van der Waals surface area contributed by atoms with Crippen LogP contribution in [0.4, 0.5) is 20.8 Å². The first-order chi connectivity index (χ1) is 15.5. The Labute approximate surface area is 179 Å².